The molecule has 57 heavy (non-hydrogen) atoms. The van der Waals surface area contributed by atoms with Crippen LogP contribution >= 0.6 is 11.6 Å². The summed E-state index contributed by atoms with van der Waals surface area (Å²) in [5.41, 5.74) is 2.77. The second-order valence-corrected chi connectivity index (χ2v) is 21.6. The van der Waals surface area contributed by atoms with Crippen molar-refractivity contribution in [2.24, 2.45) is 17.8 Å². The molecule has 4 heterocycles. The monoisotopic (exact) mass is 845 g/mol. The van der Waals surface area contributed by atoms with Gasteiger partial charge in [-0.3, -0.25) is 14.6 Å². The summed E-state index contributed by atoms with van der Waals surface area (Å²) in [7, 11) is -5.51. The lowest BCUT2D eigenvalue weighted by molar-refractivity contribution is -0.101. The van der Waals surface area contributed by atoms with E-state index in [1.807, 2.05) is 13.0 Å². The van der Waals surface area contributed by atoms with Gasteiger partial charge < -0.3 is 14.4 Å². The van der Waals surface area contributed by atoms with Gasteiger partial charge >= 0.3 is 0 Å². The van der Waals surface area contributed by atoms with E-state index in [1.165, 1.54) is 17.4 Å². The zero-order chi connectivity index (χ0) is 40.7. The highest BCUT2D eigenvalue weighted by Gasteiger charge is 2.49. The van der Waals surface area contributed by atoms with E-state index in [9.17, 15) is 21.6 Å². The van der Waals surface area contributed by atoms with Gasteiger partial charge in [0.15, 0.2) is 0 Å². The van der Waals surface area contributed by atoms with Crippen molar-refractivity contribution in [1.29, 1.82) is 0 Å². The van der Waals surface area contributed by atoms with Crippen LogP contribution in [0.15, 0.2) is 48.6 Å². The number of amides is 1. The van der Waals surface area contributed by atoms with Gasteiger partial charge in [-0.05, 0) is 91.8 Å². The molecule has 0 unspecified atom stereocenters. The molecule has 2 saturated heterocycles. The van der Waals surface area contributed by atoms with E-state index < -0.39 is 36.8 Å². The first kappa shape index (κ1) is 42.4. The molecule has 3 fully saturated rings. The minimum atomic E-state index is -4.01. The van der Waals surface area contributed by atoms with E-state index in [0.717, 1.165) is 57.5 Å². The highest BCUT2D eigenvalue weighted by atomic mass is 35.5. The molecule has 5 aliphatic rings. The van der Waals surface area contributed by atoms with Crippen LogP contribution in [0.4, 0.5) is 5.69 Å². The number of benzene rings is 2. The van der Waals surface area contributed by atoms with Gasteiger partial charge in [0.1, 0.15) is 11.4 Å². The minimum absolute atomic E-state index is 0.0192. The van der Waals surface area contributed by atoms with Gasteiger partial charge in [0.2, 0.25) is 20.0 Å². The summed E-state index contributed by atoms with van der Waals surface area (Å²) in [6.45, 7) is 12.3. The number of hydrogen-bond donors (Lipinski definition) is 1. The molecule has 7 atom stereocenters. The first-order valence-electron chi connectivity index (χ1n) is 20.6. The average molecular weight is 847 g/mol. The molecule has 1 aliphatic carbocycles. The lowest BCUT2D eigenvalue weighted by atomic mass is 9.63. The number of carbonyl (C=O) groups excluding carboxylic acids is 1. The van der Waals surface area contributed by atoms with Crippen LogP contribution < -0.4 is 14.4 Å². The number of halogens is 1. The van der Waals surface area contributed by atoms with Crippen LogP contribution in [0.25, 0.3) is 0 Å². The Bertz CT molecular complexity index is 2050. The van der Waals surface area contributed by atoms with Crippen molar-refractivity contribution >= 4 is 43.2 Å². The number of nitrogens with one attached hydrogen (secondary N) is 1. The Labute approximate surface area is 345 Å². The number of anilines is 1. The third-order valence-corrected chi connectivity index (χ3v) is 16.9. The van der Waals surface area contributed by atoms with Gasteiger partial charge in [-0.15, -0.1) is 0 Å². The van der Waals surface area contributed by atoms with Crippen molar-refractivity contribution in [1.82, 2.24) is 18.8 Å². The molecule has 4 aliphatic heterocycles. The van der Waals surface area contributed by atoms with Crippen LogP contribution in [0, 0.1) is 17.8 Å². The lowest BCUT2D eigenvalue weighted by Gasteiger charge is -2.53. The third kappa shape index (κ3) is 9.07. The zero-order valence-corrected chi connectivity index (χ0v) is 36.4. The second kappa shape index (κ2) is 17.1. The number of rotatable bonds is 7. The first-order chi connectivity index (χ1) is 27.1. The normalized spacial score (nSPS) is 32.2. The molecule has 0 spiro atoms. The Kier molecular flexibility index (Phi) is 12.7. The summed E-state index contributed by atoms with van der Waals surface area (Å²) in [5, 5.41) is -0.124. The highest BCUT2D eigenvalue weighted by Crippen LogP contribution is 2.47. The average Bonchev–Trinajstić information content (AvgIpc) is 3.34. The molecular weight excluding hydrogens is 786 g/mol. The summed E-state index contributed by atoms with van der Waals surface area (Å²) >= 11 is 6.50. The van der Waals surface area contributed by atoms with E-state index in [2.05, 4.69) is 50.6 Å². The van der Waals surface area contributed by atoms with E-state index >= 15 is 0 Å². The Morgan fingerprint density at radius 1 is 1.02 bits per heavy atom. The van der Waals surface area contributed by atoms with Crippen molar-refractivity contribution < 1.29 is 31.1 Å². The van der Waals surface area contributed by atoms with Gasteiger partial charge in [0, 0.05) is 88.6 Å². The predicted octanol–water partition coefficient (Wildman–Crippen LogP) is 4.99. The molecule has 1 N–H and O–H groups in total. The summed E-state index contributed by atoms with van der Waals surface area (Å²) in [6.07, 6.45) is 9.90. The molecule has 7 rings (SSSR count). The number of piperazine rings is 2. The molecule has 0 aromatic heterocycles. The van der Waals surface area contributed by atoms with Crippen molar-refractivity contribution in [3.05, 3.63) is 70.3 Å². The van der Waals surface area contributed by atoms with Crippen LogP contribution in [0.1, 0.15) is 73.9 Å². The lowest BCUT2D eigenvalue weighted by Crippen LogP contribution is -2.65. The molecule has 0 radical (unpaired) electrons. The second-order valence-electron chi connectivity index (χ2n) is 17.1. The maximum Gasteiger partial charge on any atom is 0.264 e. The number of sulfonamides is 2. The summed E-state index contributed by atoms with van der Waals surface area (Å²) < 4.78 is 69.6. The number of allylic oxidation sites excluding steroid dienone is 1. The number of ether oxygens (including phenoxy) is 2. The van der Waals surface area contributed by atoms with Gasteiger partial charge in [0.05, 0.1) is 23.8 Å². The van der Waals surface area contributed by atoms with Crippen LogP contribution in [-0.2, 0) is 31.2 Å². The number of fused-ring (bicyclic) bond motifs is 3. The molecule has 2 aromatic carbocycles. The SMILES string of the molecule is CCCc1cc(Cl)ccc1[C@@H]1COc2ccc3cc2N(C1)C[C@@H]1CC[C@H]1[C@](CN1CCN2CCN(S(C)(=O)=O)C[C@H]2C1)(OC)/C=C/C[C@H](C)[C@@H](C)S(=O)(=O)NC3=O. The fraction of sp³-hybridized carbons (Fsp3) is 0.643. The fourth-order valence-electron chi connectivity index (χ4n) is 9.79. The van der Waals surface area contributed by atoms with Gasteiger partial charge in [-0.25, -0.2) is 21.6 Å². The van der Waals surface area contributed by atoms with E-state index in [-0.39, 0.29) is 35.3 Å². The Morgan fingerprint density at radius 3 is 2.53 bits per heavy atom. The summed E-state index contributed by atoms with van der Waals surface area (Å²) in [5.74, 6) is 0.154. The van der Waals surface area contributed by atoms with Crippen molar-refractivity contribution in [2.45, 2.75) is 75.7 Å². The van der Waals surface area contributed by atoms with E-state index in [4.69, 9.17) is 21.1 Å². The summed E-state index contributed by atoms with van der Waals surface area (Å²) in [4.78, 5) is 20.8. The maximum absolute atomic E-state index is 13.6. The van der Waals surface area contributed by atoms with Crippen molar-refractivity contribution in [2.75, 3.05) is 83.8 Å². The Morgan fingerprint density at radius 2 is 1.81 bits per heavy atom. The van der Waals surface area contributed by atoms with Gasteiger partial charge in [0.25, 0.3) is 5.91 Å². The number of aryl methyl sites for hydroxylation is 1. The molecule has 2 aromatic rings. The van der Waals surface area contributed by atoms with Crippen LogP contribution in [-0.4, -0.2) is 133 Å². The number of hydrogen-bond acceptors (Lipinski definition) is 10. The molecular formula is C42H60ClN5O7S2. The highest BCUT2D eigenvalue weighted by molar-refractivity contribution is 7.90. The molecule has 15 heteroatoms. The van der Waals surface area contributed by atoms with Gasteiger partial charge in [-0.1, -0.05) is 50.1 Å². The topological polar surface area (TPSA) is 129 Å². The van der Waals surface area contributed by atoms with Crippen LogP contribution in [0.2, 0.25) is 5.02 Å². The fourth-order valence-corrected chi connectivity index (χ4v) is 12.1. The van der Waals surface area contributed by atoms with Crippen molar-refractivity contribution in [3.8, 4) is 5.75 Å². The minimum Gasteiger partial charge on any atom is -0.491 e. The smallest absolute Gasteiger partial charge is 0.264 e. The standard InChI is InChI=1S/C42H60ClN5O7S2/c1-6-8-31-21-35(43)12-13-37(31)34-24-47-23-33-10-14-38(33)42(54-4,28-45-17-18-46-19-20-48(56(5,50)51)26-36(46)25-45)16-7-9-29(2)30(3)57(52,53)44-41(49)32-11-15-40(55-27-34)39(47)22-32/h7,11-13,15-16,21-22,29-30,33-34,36,38H,6,8-10,14,17-20,23-28H2,1-5H3,(H,44,49)/b16-7+/t29-,30+,33-,34-,36+,38+,42-/m0/s1. The number of nitrogens with zero attached hydrogens (tertiary/aromatic N) is 4. The third-order valence-electron chi connectivity index (χ3n) is 13.5. The molecule has 1 amide bonds. The quantitative estimate of drug-likeness (QED) is 0.381. The first-order valence-corrected chi connectivity index (χ1v) is 24.4. The van der Waals surface area contributed by atoms with Crippen LogP contribution in [0.5, 0.6) is 5.75 Å². The Hall–Kier alpha value is -2.72. The molecule has 314 valence electrons. The predicted molar refractivity (Wildman–Crippen MR) is 225 cm³/mol. The summed E-state index contributed by atoms with van der Waals surface area (Å²) in [6, 6.07) is 11.5. The van der Waals surface area contributed by atoms with Crippen molar-refractivity contribution in [3.63, 3.8) is 0 Å². The molecule has 12 nitrogen and oxygen atoms in total. The van der Waals surface area contributed by atoms with E-state index in [1.54, 1.807) is 36.5 Å². The number of carbonyl (C=O) groups is 1. The Balaban J connectivity index is 1.25. The molecule has 1 saturated carbocycles. The van der Waals surface area contributed by atoms with Crippen LogP contribution in [0.3, 0.4) is 0 Å². The maximum atomic E-state index is 13.6. The number of methoxy groups -OCH3 is 1. The van der Waals surface area contributed by atoms with Gasteiger partial charge in [-0.2, -0.15) is 4.31 Å². The molecule has 2 bridgehead atoms. The zero-order valence-electron chi connectivity index (χ0n) is 34.0. The largest absolute Gasteiger partial charge is 0.491 e. The van der Waals surface area contributed by atoms with E-state index in [0.29, 0.717) is 56.5 Å².